The van der Waals surface area contributed by atoms with Gasteiger partial charge in [-0.2, -0.15) is 0 Å². The quantitative estimate of drug-likeness (QED) is 0.847. The van der Waals surface area contributed by atoms with Crippen LogP contribution in [0.3, 0.4) is 0 Å². The summed E-state index contributed by atoms with van der Waals surface area (Å²) in [4.78, 5) is 29.2. The van der Waals surface area contributed by atoms with Gasteiger partial charge in [0.15, 0.2) is 0 Å². The molecule has 2 saturated heterocycles. The smallest absolute Gasteiger partial charge is 0.253 e. The molecule has 0 spiro atoms. The Bertz CT molecular complexity index is 615. The predicted molar refractivity (Wildman–Crippen MR) is 96.6 cm³/mol. The Morgan fingerprint density at radius 1 is 1.00 bits per heavy atom. The van der Waals surface area contributed by atoms with Crippen molar-refractivity contribution >= 4 is 11.8 Å². The van der Waals surface area contributed by atoms with E-state index in [0.29, 0.717) is 30.3 Å². The first kappa shape index (κ1) is 17.8. The number of methoxy groups -OCH3 is 1. The Morgan fingerprint density at radius 2 is 1.64 bits per heavy atom. The summed E-state index contributed by atoms with van der Waals surface area (Å²) in [5.41, 5.74) is 0.647. The van der Waals surface area contributed by atoms with Crippen LogP contribution in [-0.4, -0.2) is 54.9 Å². The lowest BCUT2D eigenvalue weighted by atomic mass is 9.92. The average molecular weight is 344 g/mol. The summed E-state index contributed by atoms with van der Waals surface area (Å²) in [6.07, 6.45) is 3.75. The molecule has 25 heavy (non-hydrogen) atoms. The molecular weight excluding hydrogens is 316 g/mol. The predicted octanol–water partition coefficient (Wildman–Crippen LogP) is 2.81. The number of benzene rings is 1. The standard InChI is InChI=1S/C20H28N2O3/c1-15-6-10-21(11-7-15)19(23)16-8-12-22(13-9-16)20(24)17-4-3-5-18(14-17)25-2/h3-5,14-16H,6-13H2,1-2H3. The first-order chi connectivity index (χ1) is 12.1. The Morgan fingerprint density at radius 3 is 2.28 bits per heavy atom. The van der Waals surface area contributed by atoms with E-state index in [0.717, 1.165) is 44.7 Å². The van der Waals surface area contributed by atoms with Crippen molar-refractivity contribution < 1.29 is 14.3 Å². The minimum absolute atomic E-state index is 0.0246. The SMILES string of the molecule is COc1cccc(C(=O)N2CCC(C(=O)N3CCC(C)CC3)CC2)c1. The van der Waals surface area contributed by atoms with Crippen molar-refractivity contribution in [2.24, 2.45) is 11.8 Å². The van der Waals surface area contributed by atoms with Crippen LogP contribution in [0.4, 0.5) is 0 Å². The largest absolute Gasteiger partial charge is 0.497 e. The summed E-state index contributed by atoms with van der Waals surface area (Å²) in [5, 5.41) is 0. The maximum atomic E-state index is 12.7. The Kier molecular flexibility index (Phi) is 5.61. The monoisotopic (exact) mass is 344 g/mol. The zero-order valence-electron chi connectivity index (χ0n) is 15.2. The lowest BCUT2D eigenvalue weighted by molar-refractivity contribution is -0.138. The highest BCUT2D eigenvalue weighted by molar-refractivity contribution is 5.94. The van der Waals surface area contributed by atoms with E-state index in [1.807, 2.05) is 28.0 Å². The van der Waals surface area contributed by atoms with Crippen LogP contribution in [0, 0.1) is 11.8 Å². The molecule has 0 saturated carbocycles. The van der Waals surface area contributed by atoms with Crippen LogP contribution >= 0.6 is 0 Å². The fourth-order valence-corrected chi connectivity index (χ4v) is 3.76. The number of hydrogen-bond acceptors (Lipinski definition) is 3. The molecule has 0 aliphatic carbocycles. The minimum Gasteiger partial charge on any atom is -0.497 e. The summed E-state index contributed by atoms with van der Waals surface area (Å²) >= 11 is 0. The lowest BCUT2D eigenvalue weighted by Gasteiger charge is -2.36. The van der Waals surface area contributed by atoms with Crippen molar-refractivity contribution in [3.63, 3.8) is 0 Å². The second-order valence-corrected chi connectivity index (χ2v) is 7.31. The molecule has 0 aromatic heterocycles. The number of amides is 2. The van der Waals surface area contributed by atoms with E-state index < -0.39 is 0 Å². The average Bonchev–Trinajstić information content (AvgIpc) is 2.67. The van der Waals surface area contributed by atoms with Gasteiger partial charge in [-0.05, 0) is 49.8 Å². The van der Waals surface area contributed by atoms with Crippen LogP contribution in [0.25, 0.3) is 0 Å². The first-order valence-corrected chi connectivity index (χ1v) is 9.30. The molecule has 0 unspecified atom stereocenters. The number of rotatable bonds is 3. The molecule has 0 atom stereocenters. The third kappa shape index (κ3) is 4.14. The Balaban J connectivity index is 1.54. The number of piperidine rings is 2. The number of nitrogens with zero attached hydrogens (tertiary/aromatic N) is 2. The number of hydrogen-bond donors (Lipinski definition) is 0. The van der Waals surface area contributed by atoms with Gasteiger partial charge in [-0.15, -0.1) is 0 Å². The van der Waals surface area contributed by atoms with E-state index in [-0.39, 0.29) is 11.8 Å². The van der Waals surface area contributed by atoms with Gasteiger partial charge < -0.3 is 14.5 Å². The maximum absolute atomic E-state index is 12.7. The van der Waals surface area contributed by atoms with Gasteiger partial charge in [0.2, 0.25) is 5.91 Å². The molecular formula is C20H28N2O3. The zero-order valence-corrected chi connectivity index (χ0v) is 15.2. The van der Waals surface area contributed by atoms with Crippen LogP contribution in [-0.2, 0) is 4.79 Å². The van der Waals surface area contributed by atoms with E-state index in [4.69, 9.17) is 4.74 Å². The van der Waals surface area contributed by atoms with Crippen molar-refractivity contribution in [1.82, 2.24) is 9.80 Å². The normalized spacial score (nSPS) is 19.8. The Hall–Kier alpha value is -2.04. The third-order valence-electron chi connectivity index (χ3n) is 5.54. The molecule has 2 aliphatic rings. The number of ether oxygens (including phenoxy) is 1. The highest BCUT2D eigenvalue weighted by atomic mass is 16.5. The molecule has 2 aliphatic heterocycles. The van der Waals surface area contributed by atoms with Gasteiger partial charge in [-0.25, -0.2) is 0 Å². The topological polar surface area (TPSA) is 49.9 Å². The van der Waals surface area contributed by atoms with Gasteiger partial charge in [-0.3, -0.25) is 9.59 Å². The van der Waals surface area contributed by atoms with Crippen LogP contribution in [0.2, 0.25) is 0 Å². The van der Waals surface area contributed by atoms with E-state index in [2.05, 4.69) is 6.92 Å². The molecule has 3 rings (SSSR count). The van der Waals surface area contributed by atoms with E-state index in [9.17, 15) is 9.59 Å². The van der Waals surface area contributed by atoms with Gasteiger partial charge >= 0.3 is 0 Å². The number of carbonyl (C=O) groups excluding carboxylic acids is 2. The maximum Gasteiger partial charge on any atom is 0.253 e. The molecule has 1 aromatic carbocycles. The molecule has 5 nitrogen and oxygen atoms in total. The molecule has 0 N–H and O–H groups in total. The molecule has 136 valence electrons. The third-order valence-corrected chi connectivity index (χ3v) is 5.54. The summed E-state index contributed by atoms with van der Waals surface area (Å²) < 4.78 is 5.19. The Labute approximate surface area is 149 Å². The highest BCUT2D eigenvalue weighted by Gasteiger charge is 2.31. The van der Waals surface area contributed by atoms with E-state index in [1.54, 1.807) is 13.2 Å². The van der Waals surface area contributed by atoms with Gasteiger partial charge in [0, 0.05) is 37.7 Å². The molecule has 0 radical (unpaired) electrons. The highest BCUT2D eigenvalue weighted by Crippen LogP contribution is 2.25. The molecule has 2 amide bonds. The van der Waals surface area contributed by atoms with Crippen LogP contribution < -0.4 is 4.74 Å². The van der Waals surface area contributed by atoms with Crippen molar-refractivity contribution in [1.29, 1.82) is 0 Å². The van der Waals surface area contributed by atoms with Gasteiger partial charge in [-0.1, -0.05) is 13.0 Å². The molecule has 2 heterocycles. The van der Waals surface area contributed by atoms with E-state index >= 15 is 0 Å². The zero-order chi connectivity index (χ0) is 17.8. The minimum atomic E-state index is 0.0246. The second-order valence-electron chi connectivity index (χ2n) is 7.31. The molecule has 5 heteroatoms. The number of carbonyl (C=O) groups is 2. The molecule has 0 bridgehead atoms. The molecule has 1 aromatic rings. The van der Waals surface area contributed by atoms with Crippen LogP contribution in [0.1, 0.15) is 43.0 Å². The van der Waals surface area contributed by atoms with Crippen LogP contribution in [0.5, 0.6) is 5.75 Å². The second kappa shape index (κ2) is 7.89. The van der Waals surface area contributed by atoms with Crippen molar-refractivity contribution in [2.75, 3.05) is 33.3 Å². The van der Waals surface area contributed by atoms with Gasteiger partial charge in [0.25, 0.3) is 5.91 Å². The number of likely N-dealkylation sites (tertiary alicyclic amines) is 2. The van der Waals surface area contributed by atoms with Crippen molar-refractivity contribution in [2.45, 2.75) is 32.6 Å². The first-order valence-electron chi connectivity index (χ1n) is 9.30. The van der Waals surface area contributed by atoms with Gasteiger partial charge in [0.05, 0.1) is 7.11 Å². The lowest BCUT2D eigenvalue weighted by Crippen LogP contribution is -2.46. The fraction of sp³-hybridized carbons (Fsp3) is 0.600. The summed E-state index contributed by atoms with van der Waals surface area (Å²) in [6.45, 7) is 5.34. The van der Waals surface area contributed by atoms with Crippen molar-refractivity contribution in [3.8, 4) is 5.75 Å². The van der Waals surface area contributed by atoms with Crippen molar-refractivity contribution in [3.05, 3.63) is 29.8 Å². The van der Waals surface area contributed by atoms with Crippen LogP contribution in [0.15, 0.2) is 24.3 Å². The summed E-state index contributed by atoms with van der Waals surface area (Å²) in [7, 11) is 1.60. The summed E-state index contributed by atoms with van der Waals surface area (Å²) in [5.74, 6) is 1.81. The van der Waals surface area contributed by atoms with Gasteiger partial charge in [0.1, 0.15) is 5.75 Å². The summed E-state index contributed by atoms with van der Waals surface area (Å²) in [6, 6.07) is 7.26. The fourth-order valence-electron chi connectivity index (χ4n) is 3.76. The molecule has 2 fully saturated rings. The van der Waals surface area contributed by atoms with E-state index in [1.165, 1.54) is 0 Å².